The molecule has 0 nitrogen and oxygen atoms in total. The van der Waals surface area contributed by atoms with E-state index in [1.54, 1.807) is 0 Å². The van der Waals surface area contributed by atoms with Crippen LogP contribution in [0.3, 0.4) is 0 Å². The van der Waals surface area contributed by atoms with Crippen LogP contribution in [0, 0.1) is 0 Å². The van der Waals surface area contributed by atoms with Gasteiger partial charge in [-0.15, -0.1) is 0 Å². The highest BCUT2D eigenvalue weighted by atomic mass is 14.2. The maximum atomic E-state index is 2.39. The number of rotatable bonds is 4. The van der Waals surface area contributed by atoms with Gasteiger partial charge in [-0.05, 0) is 95.0 Å². The third kappa shape index (κ3) is 4.08. The standard InChI is InChI=1S/C42H28/c1-3-14-29(15-4-1)31-19-13-20-33(26-31)41-36-22-9-11-24-38(36)42(39-25-12-10-23-37(39)41)40-28-34(30-16-5-2-6-17-30)27-32-18-7-8-21-35(32)40/h1-28H. The van der Waals surface area contributed by atoms with E-state index in [1.165, 1.54) is 76.8 Å². The summed E-state index contributed by atoms with van der Waals surface area (Å²) in [7, 11) is 0. The van der Waals surface area contributed by atoms with E-state index in [2.05, 4.69) is 170 Å². The number of benzene rings is 8. The summed E-state index contributed by atoms with van der Waals surface area (Å²) in [6, 6.07) is 61.7. The largest absolute Gasteiger partial charge is 0.0622 e. The van der Waals surface area contributed by atoms with Gasteiger partial charge in [0, 0.05) is 0 Å². The van der Waals surface area contributed by atoms with Crippen LogP contribution in [0.2, 0.25) is 0 Å². The van der Waals surface area contributed by atoms with E-state index in [1.807, 2.05) is 0 Å². The van der Waals surface area contributed by atoms with E-state index in [0.717, 1.165) is 0 Å². The molecule has 0 atom stereocenters. The summed E-state index contributed by atoms with van der Waals surface area (Å²) in [5.41, 5.74) is 10.00. The van der Waals surface area contributed by atoms with Gasteiger partial charge in [0.15, 0.2) is 0 Å². The van der Waals surface area contributed by atoms with Crippen LogP contribution in [0.5, 0.6) is 0 Å². The Morgan fingerprint density at radius 1 is 0.238 bits per heavy atom. The van der Waals surface area contributed by atoms with E-state index < -0.39 is 0 Å². The van der Waals surface area contributed by atoms with Gasteiger partial charge in [-0.1, -0.05) is 152 Å². The molecule has 196 valence electrons. The van der Waals surface area contributed by atoms with Crippen molar-refractivity contribution in [2.24, 2.45) is 0 Å². The van der Waals surface area contributed by atoms with Crippen molar-refractivity contribution in [3.05, 3.63) is 170 Å². The second-order valence-electron chi connectivity index (χ2n) is 10.9. The van der Waals surface area contributed by atoms with Gasteiger partial charge < -0.3 is 0 Å². The Morgan fingerprint density at radius 3 is 1.31 bits per heavy atom. The zero-order valence-electron chi connectivity index (χ0n) is 23.2. The van der Waals surface area contributed by atoms with Crippen molar-refractivity contribution in [2.75, 3.05) is 0 Å². The topological polar surface area (TPSA) is 0 Å². The van der Waals surface area contributed by atoms with Crippen LogP contribution < -0.4 is 0 Å². The molecule has 0 N–H and O–H groups in total. The van der Waals surface area contributed by atoms with Crippen molar-refractivity contribution in [1.29, 1.82) is 0 Å². The molecule has 0 heteroatoms. The SMILES string of the molecule is c1ccc(-c2cccc(-c3c4ccccc4c(-c4cc(-c5ccccc5)cc5ccccc45)c4ccccc34)c2)cc1. The van der Waals surface area contributed by atoms with Gasteiger partial charge in [0.05, 0.1) is 0 Å². The molecule has 8 aromatic carbocycles. The van der Waals surface area contributed by atoms with Crippen molar-refractivity contribution < 1.29 is 0 Å². The summed E-state index contributed by atoms with van der Waals surface area (Å²) < 4.78 is 0. The minimum Gasteiger partial charge on any atom is -0.0622 e. The Kier molecular flexibility index (Phi) is 5.90. The summed E-state index contributed by atoms with van der Waals surface area (Å²) in [4.78, 5) is 0. The van der Waals surface area contributed by atoms with Crippen LogP contribution in [0.1, 0.15) is 0 Å². The van der Waals surface area contributed by atoms with Crippen LogP contribution in [0.4, 0.5) is 0 Å². The van der Waals surface area contributed by atoms with Gasteiger partial charge in [-0.3, -0.25) is 0 Å². The van der Waals surface area contributed by atoms with Crippen molar-refractivity contribution in [1.82, 2.24) is 0 Å². The molecule has 0 amide bonds. The summed E-state index contributed by atoms with van der Waals surface area (Å²) in [6.07, 6.45) is 0. The first-order valence-corrected chi connectivity index (χ1v) is 14.5. The van der Waals surface area contributed by atoms with Crippen LogP contribution in [0.25, 0.3) is 76.8 Å². The fourth-order valence-corrected chi connectivity index (χ4v) is 6.53. The van der Waals surface area contributed by atoms with Crippen molar-refractivity contribution >= 4 is 32.3 Å². The highest BCUT2D eigenvalue weighted by Crippen LogP contribution is 2.46. The summed E-state index contributed by atoms with van der Waals surface area (Å²) in [5.74, 6) is 0. The second kappa shape index (κ2) is 10.2. The van der Waals surface area contributed by atoms with Gasteiger partial charge >= 0.3 is 0 Å². The molecule has 0 unspecified atom stereocenters. The third-order valence-corrected chi connectivity index (χ3v) is 8.43. The molecule has 0 aliphatic carbocycles. The lowest BCUT2D eigenvalue weighted by atomic mass is 9.83. The van der Waals surface area contributed by atoms with Gasteiger partial charge in [-0.2, -0.15) is 0 Å². The van der Waals surface area contributed by atoms with Gasteiger partial charge in [0.25, 0.3) is 0 Å². The summed E-state index contributed by atoms with van der Waals surface area (Å²) in [5, 5.41) is 7.60. The minimum atomic E-state index is 1.23. The lowest BCUT2D eigenvalue weighted by Crippen LogP contribution is -1.92. The van der Waals surface area contributed by atoms with Crippen LogP contribution in [-0.4, -0.2) is 0 Å². The lowest BCUT2D eigenvalue weighted by Gasteiger charge is -2.20. The molecule has 0 heterocycles. The Hall–Kier alpha value is -5.46. The average Bonchev–Trinajstić information content (AvgIpc) is 3.07. The number of hydrogen-bond acceptors (Lipinski definition) is 0. The predicted octanol–water partition coefficient (Wildman–Crippen LogP) is 11.8. The smallest absolute Gasteiger partial charge is 0.00199 e. The maximum Gasteiger partial charge on any atom is -0.00199 e. The van der Waals surface area contributed by atoms with E-state index in [4.69, 9.17) is 0 Å². The van der Waals surface area contributed by atoms with E-state index in [9.17, 15) is 0 Å². The van der Waals surface area contributed by atoms with E-state index in [0.29, 0.717) is 0 Å². The first-order valence-electron chi connectivity index (χ1n) is 14.5. The Labute approximate surface area is 246 Å². The van der Waals surface area contributed by atoms with Gasteiger partial charge in [0.1, 0.15) is 0 Å². The summed E-state index contributed by atoms with van der Waals surface area (Å²) >= 11 is 0. The van der Waals surface area contributed by atoms with E-state index >= 15 is 0 Å². The molecule has 0 saturated heterocycles. The molecule has 0 aliphatic heterocycles. The summed E-state index contributed by atoms with van der Waals surface area (Å²) in [6.45, 7) is 0. The molecular formula is C42H28. The lowest BCUT2D eigenvalue weighted by molar-refractivity contribution is 1.61. The monoisotopic (exact) mass is 532 g/mol. The molecule has 8 rings (SSSR count). The Morgan fingerprint density at radius 2 is 0.690 bits per heavy atom. The average molecular weight is 533 g/mol. The first-order chi connectivity index (χ1) is 20.8. The highest BCUT2D eigenvalue weighted by Gasteiger charge is 2.19. The van der Waals surface area contributed by atoms with Crippen molar-refractivity contribution in [3.63, 3.8) is 0 Å². The zero-order valence-corrected chi connectivity index (χ0v) is 23.2. The second-order valence-corrected chi connectivity index (χ2v) is 10.9. The molecule has 0 bridgehead atoms. The number of fused-ring (bicyclic) bond motifs is 3. The molecule has 0 aromatic heterocycles. The zero-order chi connectivity index (χ0) is 27.9. The molecule has 8 aromatic rings. The fourth-order valence-electron chi connectivity index (χ4n) is 6.53. The minimum absolute atomic E-state index is 1.23. The third-order valence-electron chi connectivity index (χ3n) is 8.43. The normalized spacial score (nSPS) is 11.3. The predicted molar refractivity (Wildman–Crippen MR) is 181 cm³/mol. The molecule has 42 heavy (non-hydrogen) atoms. The molecule has 0 saturated carbocycles. The first kappa shape index (κ1) is 24.3. The van der Waals surface area contributed by atoms with Crippen LogP contribution >= 0.6 is 0 Å². The van der Waals surface area contributed by atoms with Gasteiger partial charge in [0.2, 0.25) is 0 Å². The fraction of sp³-hybridized carbons (Fsp3) is 0. The van der Waals surface area contributed by atoms with Gasteiger partial charge in [-0.25, -0.2) is 0 Å². The quantitative estimate of drug-likeness (QED) is 0.198. The Bertz CT molecular complexity index is 2170. The van der Waals surface area contributed by atoms with E-state index in [-0.39, 0.29) is 0 Å². The highest BCUT2D eigenvalue weighted by molar-refractivity contribution is 6.24. The Balaban J connectivity index is 1.47. The van der Waals surface area contributed by atoms with Crippen LogP contribution in [0.15, 0.2) is 170 Å². The van der Waals surface area contributed by atoms with Crippen LogP contribution in [-0.2, 0) is 0 Å². The molecule has 0 radical (unpaired) electrons. The molecule has 0 spiro atoms. The molecule has 0 aliphatic rings. The maximum absolute atomic E-state index is 2.39. The molecule has 0 fully saturated rings. The van der Waals surface area contributed by atoms with Crippen molar-refractivity contribution in [2.45, 2.75) is 0 Å². The number of hydrogen-bond donors (Lipinski definition) is 0. The van der Waals surface area contributed by atoms with Crippen molar-refractivity contribution in [3.8, 4) is 44.5 Å². The molecular weight excluding hydrogens is 504 g/mol.